The zero-order valence-corrected chi connectivity index (χ0v) is 10.6. The Balaban J connectivity index is 2.55. The SMILES string of the molecule is COc1cc(C(=O)c2ccccc2)cc([N+](=O)[O-])c1O. The lowest BCUT2D eigenvalue weighted by Gasteiger charge is -2.07. The largest absolute Gasteiger partial charge is 0.500 e. The molecule has 0 aromatic heterocycles. The fourth-order valence-electron chi connectivity index (χ4n) is 1.78. The summed E-state index contributed by atoms with van der Waals surface area (Å²) in [6.07, 6.45) is 0. The van der Waals surface area contributed by atoms with E-state index in [0.717, 1.165) is 6.07 Å². The van der Waals surface area contributed by atoms with Crippen LogP contribution in [0.15, 0.2) is 42.5 Å². The average Bonchev–Trinajstić information content (AvgIpc) is 2.47. The van der Waals surface area contributed by atoms with Gasteiger partial charge in [-0.2, -0.15) is 0 Å². The molecule has 0 bridgehead atoms. The number of aromatic hydroxyl groups is 1. The van der Waals surface area contributed by atoms with Crippen LogP contribution < -0.4 is 4.74 Å². The number of ether oxygens (including phenoxy) is 1. The van der Waals surface area contributed by atoms with Crippen LogP contribution in [-0.2, 0) is 0 Å². The minimum Gasteiger partial charge on any atom is -0.500 e. The van der Waals surface area contributed by atoms with Gasteiger partial charge in [0, 0.05) is 17.2 Å². The van der Waals surface area contributed by atoms with E-state index in [1.807, 2.05) is 0 Å². The molecule has 0 heterocycles. The van der Waals surface area contributed by atoms with Gasteiger partial charge in [-0.15, -0.1) is 0 Å². The van der Waals surface area contributed by atoms with Crippen LogP contribution in [0, 0.1) is 10.1 Å². The maximum atomic E-state index is 12.2. The molecule has 0 unspecified atom stereocenters. The number of carbonyl (C=O) groups is 1. The van der Waals surface area contributed by atoms with Gasteiger partial charge in [0.25, 0.3) is 0 Å². The molecule has 2 rings (SSSR count). The summed E-state index contributed by atoms with van der Waals surface area (Å²) >= 11 is 0. The van der Waals surface area contributed by atoms with Gasteiger partial charge in [-0.1, -0.05) is 30.3 Å². The minimum absolute atomic E-state index is 0.0811. The first kappa shape index (κ1) is 13.5. The topological polar surface area (TPSA) is 89.7 Å². The van der Waals surface area contributed by atoms with Crippen LogP contribution >= 0.6 is 0 Å². The van der Waals surface area contributed by atoms with E-state index in [1.54, 1.807) is 30.3 Å². The van der Waals surface area contributed by atoms with E-state index in [9.17, 15) is 20.0 Å². The summed E-state index contributed by atoms with van der Waals surface area (Å²) < 4.78 is 4.86. The molecule has 102 valence electrons. The fourth-order valence-corrected chi connectivity index (χ4v) is 1.78. The number of nitro groups is 1. The van der Waals surface area contributed by atoms with Gasteiger partial charge in [0.2, 0.25) is 5.75 Å². The summed E-state index contributed by atoms with van der Waals surface area (Å²) in [5.41, 5.74) is -0.0873. The van der Waals surface area contributed by atoms with E-state index in [0.29, 0.717) is 5.56 Å². The predicted molar refractivity (Wildman–Crippen MR) is 71.2 cm³/mol. The van der Waals surface area contributed by atoms with E-state index in [2.05, 4.69) is 0 Å². The number of rotatable bonds is 4. The second-order valence-corrected chi connectivity index (χ2v) is 4.00. The third-order valence-electron chi connectivity index (χ3n) is 2.77. The quantitative estimate of drug-likeness (QED) is 0.525. The Morgan fingerprint density at radius 2 is 1.85 bits per heavy atom. The van der Waals surface area contributed by atoms with E-state index in [-0.39, 0.29) is 17.1 Å². The molecule has 2 aromatic carbocycles. The first-order valence-electron chi connectivity index (χ1n) is 5.69. The van der Waals surface area contributed by atoms with E-state index >= 15 is 0 Å². The minimum atomic E-state index is -0.764. The van der Waals surface area contributed by atoms with Crippen LogP contribution in [0.1, 0.15) is 15.9 Å². The Bertz CT molecular complexity index is 667. The number of nitro benzene ring substituents is 1. The van der Waals surface area contributed by atoms with Crippen molar-refractivity contribution in [3.63, 3.8) is 0 Å². The van der Waals surface area contributed by atoms with Crippen molar-refractivity contribution in [2.45, 2.75) is 0 Å². The average molecular weight is 273 g/mol. The third kappa shape index (κ3) is 2.44. The highest BCUT2D eigenvalue weighted by Gasteiger charge is 2.22. The summed E-state index contributed by atoms with van der Waals surface area (Å²) in [5.74, 6) is -1.09. The van der Waals surface area contributed by atoms with Crippen molar-refractivity contribution in [2.75, 3.05) is 7.11 Å². The summed E-state index contributed by atoms with van der Waals surface area (Å²) in [5, 5.41) is 20.5. The number of nitrogens with zero attached hydrogens (tertiary/aromatic N) is 1. The summed E-state index contributed by atoms with van der Waals surface area (Å²) in [6, 6.07) is 10.7. The summed E-state index contributed by atoms with van der Waals surface area (Å²) in [7, 11) is 1.26. The molecule has 0 atom stereocenters. The van der Waals surface area contributed by atoms with Crippen LogP contribution in [0.2, 0.25) is 0 Å². The van der Waals surface area contributed by atoms with E-state index < -0.39 is 16.4 Å². The van der Waals surface area contributed by atoms with Crippen molar-refractivity contribution in [1.29, 1.82) is 0 Å². The van der Waals surface area contributed by atoms with Crippen molar-refractivity contribution in [3.05, 3.63) is 63.7 Å². The maximum Gasteiger partial charge on any atom is 0.315 e. The van der Waals surface area contributed by atoms with E-state index in [1.165, 1.54) is 13.2 Å². The van der Waals surface area contributed by atoms with Gasteiger partial charge in [-0.25, -0.2) is 0 Å². The number of phenolic OH excluding ortho intramolecular Hbond substituents is 1. The van der Waals surface area contributed by atoms with Gasteiger partial charge in [0.15, 0.2) is 11.5 Å². The highest BCUT2D eigenvalue weighted by molar-refractivity contribution is 6.09. The number of carbonyl (C=O) groups excluding carboxylic acids is 1. The molecule has 6 nitrogen and oxygen atoms in total. The van der Waals surface area contributed by atoms with Crippen LogP contribution in [0.25, 0.3) is 0 Å². The first-order valence-corrected chi connectivity index (χ1v) is 5.69. The Morgan fingerprint density at radius 1 is 1.20 bits per heavy atom. The summed E-state index contributed by atoms with van der Waals surface area (Å²) in [6.45, 7) is 0. The van der Waals surface area contributed by atoms with Crippen LogP contribution in [-0.4, -0.2) is 22.9 Å². The number of hydrogen-bond donors (Lipinski definition) is 1. The summed E-state index contributed by atoms with van der Waals surface area (Å²) in [4.78, 5) is 22.4. The number of benzene rings is 2. The van der Waals surface area contributed by atoms with Gasteiger partial charge in [0.1, 0.15) is 0 Å². The molecular formula is C14H11NO5. The molecule has 0 aliphatic heterocycles. The molecule has 0 spiro atoms. The van der Waals surface area contributed by atoms with Crippen molar-refractivity contribution >= 4 is 11.5 Å². The molecule has 0 saturated heterocycles. The van der Waals surface area contributed by atoms with Gasteiger partial charge in [0.05, 0.1) is 12.0 Å². The molecular weight excluding hydrogens is 262 g/mol. The van der Waals surface area contributed by atoms with Crippen molar-refractivity contribution in [2.24, 2.45) is 0 Å². The van der Waals surface area contributed by atoms with Gasteiger partial charge >= 0.3 is 5.69 Å². The molecule has 0 radical (unpaired) electrons. The lowest BCUT2D eigenvalue weighted by molar-refractivity contribution is -0.386. The Morgan fingerprint density at radius 3 is 2.40 bits per heavy atom. The van der Waals surface area contributed by atoms with Gasteiger partial charge < -0.3 is 9.84 Å². The Hall–Kier alpha value is -2.89. The molecule has 1 N–H and O–H groups in total. The number of ketones is 1. The molecule has 0 amide bonds. The Kier molecular flexibility index (Phi) is 3.65. The predicted octanol–water partition coefficient (Wildman–Crippen LogP) is 2.54. The molecule has 0 fully saturated rings. The first-order chi connectivity index (χ1) is 9.54. The fraction of sp³-hybridized carbons (Fsp3) is 0.0714. The maximum absolute atomic E-state index is 12.2. The number of hydrogen-bond acceptors (Lipinski definition) is 5. The Labute approximate surface area is 114 Å². The molecule has 0 saturated carbocycles. The molecule has 2 aromatic rings. The highest BCUT2D eigenvalue weighted by atomic mass is 16.6. The zero-order valence-electron chi connectivity index (χ0n) is 10.6. The monoisotopic (exact) mass is 273 g/mol. The van der Waals surface area contributed by atoms with Crippen LogP contribution in [0.5, 0.6) is 11.5 Å². The lowest BCUT2D eigenvalue weighted by atomic mass is 10.0. The second kappa shape index (κ2) is 5.40. The zero-order chi connectivity index (χ0) is 14.7. The van der Waals surface area contributed by atoms with Crippen molar-refractivity contribution in [1.82, 2.24) is 0 Å². The molecule has 20 heavy (non-hydrogen) atoms. The lowest BCUT2D eigenvalue weighted by Crippen LogP contribution is -2.03. The molecule has 0 aliphatic rings. The highest BCUT2D eigenvalue weighted by Crippen LogP contribution is 2.37. The van der Waals surface area contributed by atoms with E-state index in [4.69, 9.17) is 4.74 Å². The van der Waals surface area contributed by atoms with Crippen LogP contribution in [0.3, 0.4) is 0 Å². The number of methoxy groups -OCH3 is 1. The number of phenols is 1. The third-order valence-corrected chi connectivity index (χ3v) is 2.77. The normalized spacial score (nSPS) is 10.1. The van der Waals surface area contributed by atoms with Crippen molar-refractivity contribution in [3.8, 4) is 11.5 Å². The van der Waals surface area contributed by atoms with Crippen LogP contribution in [0.4, 0.5) is 5.69 Å². The van der Waals surface area contributed by atoms with Crippen molar-refractivity contribution < 1.29 is 19.6 Å². The second-order valence-electron chi connectivity index (χ2n) is 4.00. The standard InChI is InChI=1S/C14H11NO5/c1-20-12-8-10(7-11(14(12)17)15(18)19)13(16)9-5-3-2-4-6-9/h2-8,17H,1H3. The van der Waals surface area contributed by atoms with Gasteiger partial charge in [-0.05, 0) is 6.07 Å². The van der Waals surface area contributed by atoms with Gasteiger partial charge in [-0.3, -0.25) is 14.9 Å². The molecule has 6 heteroatoms. The molecule has 0 aliphatic carbocycles. The smallest absolute Gasteiger partial charge is 0.315 e.